The monoisotopic (exact) mass is 1330 g/mol. The predicted octanol–water partition coefficient (Wildman–Crippen LogP) is 29.8. The SMILES string of the molecule is CC/C=C\C/C=C\C/C=C\C/C=C\C/C=C\C/C=C\C/C=C\CCCCCCCCCCCCCCCCCCCCCC(=O)OC(CO)COC(=O)CCCCCCCCCCCCCCCCCCCCCCCCCCCCCC/C=C\C/C=C\C/C=C\C/C=C\CC. The van der Waals surface area contributed by atoms with Gasteiger partial charge < -0.3 is 14.6 Å². The summed E-state index contributed by atoms with van der Waals surface area (Å²) in [6.45, 7) is 3.96. The van der Waals surface area contributed by atoms with Crippen LogP contribution in [0, 0.1) is 0 Å². The van der Waals surface area contributed by atoms with E-state index in [0.29, 0.717) is 12.8 Å². The molecule has 0 spiro atoms. The molecule has 0 saturated carbocycles. The number of carbonyl (C=O) groups excluding carboxylic acids is 2. The van der Waals surface area contributed by atoms with E-state index in [2.05, 4.69) is 148 Å². The molecular formula is C91H158O5. The third kappa shape index (κ3) is 82.5. The Morgan fingerprint density at radius 3 is 0.625 bits per heavy atom. The lowest BCUT2D eigenvalue weighted by Crippen LogP contribution is -2.28. The zero-order valence-electron chi connectivity index (χ0n) is 63.6. The van der Waals surface area contributed by atoms with E-state index in [4.69, 9.17) is 9.47 Å². The molecule has 552 valence electrons. The Kier molecular flexibility index (Phi) is 81.7. The number of ether oxygens (including phenoxy) is 2. The smallest absolute Gasteiger partial charge is 0.306 e. The van der Waals surface area contributed by atoms with Gasteiger partial charge in [0.15, 0.2) is 6.10 Å². The highest BCUT2D eigenvalue weighted by atomic mass is 16.6. The molecule has 0 fully saturated rings. The second kappa shape index (κ2) is 85.3. The zero-order chi connectivity index (χ0) is 69.0. The minimum Gasteiger partial charge on any atom is -0.462 e. The Bertz CT molecular complexity index is 1900. The van der Waals surface area contributed by atoms with E-state index in [9.17, 15) is 14.7 Å². The number of aliphatic hydroxyl groups excluding tert-OH is 1. The largest absolute Gasteiger partial charge is 0.462 e. The molecule has 0 aromatic carbocycles. The van der Waals surface area contributed by atoms with E-state index in [1.165, 1.54) is 276 Å². The van der Waals surface area contributed by atoms with Crippen LogP contribution in [0.2, 0.25) is 0 Å². The third-order valence-electron chi connectivity index (χ3n) is 18.4. The van der Waals surface area contributed by atoms with Gasteiger partial charge in [-0.05, 0) is 109 Å². The zero-order valence-corrected chi connectivity index (χ0v) is 63.6. The van der Waals surface area contributed by atoms with Gasteiger partial charge >= 0.3 is 11.9 Å². The predicted molar refractivity (Wildman–Crippen MR) is 426 cm³/mol. The van der Waals surface area contributed by atoms with Crippen LogP contribution in [0.4, 0.5) is 0 Å². The number of unbranched alkanes of at least 4 members (excludes halogenated alkanes) is 47. The molecule has 5 nitrogen and oxygen atoms in total. The van der Waals surface area contributed by atoms with Crippen molar-refractivity contribution in [1.82, 2.24) is 0 Å². The molecule has 1 N–H and O–H groups in total. The second-order valence-corrected chi connectivity index (χ2v) is 27.8. The molecule has 0 bridgehead atoms. The number of carbonyl (C=O) groups is 2. The third-order valence-corrected chi connectivity index (χ3v) is 18.4. The van der Waals surface area contributed by atoms with Crippen LogP contribution in [0.5, 0.6) is 0 Å². The van der Waals surface area contributed by atoms with Crippen molar-refractivity contribution in [2.24, 2.45) is 0 Å². The van der Waals surface area contributed by atoms with Gasteiger partial charge in [0, 0.05) is 12.8 Å². The van der Waals surface area contributed by atoms with Gasteiger partial charge in [0.1, 0.15) is 6.61 Å². The average Bonchev–Trinajstić information content (AvgIpc) is 3.79. The normalized spacial score (nSPS) is 12.9. The fraction of sp³-hybridized carbons (Fsp3) is 0.736. The van der Waals surface area contributed by atoms with Crippen molar-refractivity contribution < 1.29 is 24.2 Å². The highest BCUT2D eigenvalue weighted by Gasteiger charge is 2.16. The van der Waals surface area contributed by atoms with Crippen molar-refractivity contribution in [2.45, 2.75) is 418 Å². The van der Waals surface area contributed by atoms with Crippen LogP contribution in [0.3, 0.4) is 0 Å². The molecule has 5 heteroatoms. The summed E-state index contributed by atoms with van der Waals surface area (Å²) < 4.78 is 10.8. The maximum absolute atomic E-state index is 12.4. The molecule has 0 aromatic rings. The van der Waals surface area contributed by atoms with Crippen LogP contribution < -0.4 is 0 Å². The number of rotatable bonds is 77. The number of hydrogen-bond donors (Lipinski definition) is 1. The van der Waals surface area contributed by atoms with E-state index in [0.717, 1.165) is 109 Å². The van der Waals surface area contributed by atoms with E-state index in [-0.39, 0.29) is 25.2 Å². The minimum atomic E-state index is -0.776. The molecule has 0 aliphatic carbocycles. The van der Waals surface area contributed by atoms with E-state index < -0.39 is 6.10 Å². The van der Waals surface area contributed by atoms with Crippen molar-refractivity contribution in [2.75, 3.05) is 13.2 Å². The quantitative estimate of drug-likeness (QED) is 0.0373. The summed E-state index contributed by atoms with van der Waals surface area (Å²) in [5.41, 5.74) is 0. The second-order valence-electron chi connectivity index (χ2n) is 27.8. The first-order chi connectivity index (χ1) is 47.6. The van der Waals surface area contributed by atoms with Crippen LogP contribution >= 0.6 is 0 Å². The summed E-state index contributed by atoms with van der Waals surface area (Å²) >= 11 is 0. The van der Waals surface area contributed by atoms with E-state index >= 15 is 0 Å². The molecule has 96 heavy (non-hydrogen) atoms. The number of aliphatic hydroxyl groups is 1. The van der Waals surface area contributed by atoms with Crippen molar-refractivity contribution in [3.8, 4) is 0 Å². The summed E-state index contributed by atoms with van der Waals surface area (Å²) in [6.07, 6.45) is 127. The lowest BCUT2D eigenvalue weighted by Gasteiger charge is -2.15. The fourth-order valence-electron chi connectivity index (χ4n) is 12.3. The standard InChI is InChI=1S/C91H158O5/c1-3-5-7-9-11-13-15-17-19-21-23-25-27-29-31-33-35-37-39-41-43-45-47-49-51-53-55-57-59-61-63-65-67-69-71-73-75-77-79-81-83-85-90(93)95-88-89(87-92)96-91(94)86-84-82-80-78-76-74-72-70-68-66-64-62-60-58-56-54-52-50-48-46-44-42-40-38-36-34-32-30-28-26-24-22-20-18-16-14-12-10-8-6-4-2/h5-8,11-14,17-20,23-26,30,32,36,38,42,44,89,92H,3-4,9-10,15-16,21-22,27-29,31,33-35,37,39-41,43,45-88H2,1-2H3/b7-5-,8-6-,13-11-,14-12-,19-17-,20-18-,25-23-,26-24-,32-30-,38-36-,44-42-. The molecule has 0 aliphatic heterocycles. The summed E-state index contributed by atoms with van der Waals surface area (Å²) in [7, 11) is 0. The Morgan fingerprint density at radius 2 is 0.417 bits per heavy atom. The maximum atomic E-state index is 12.4. The van der Waals surface area contributed by atoms with Crippen LogP contribution in [0.25, 0.3) is 0 Å². The topological polar surface area (TPSA) is 72.8 Å². The molecule has 0 aliphatic rings. The van der Waals surface area contributed by atoms with Gasteiger partial charge in [-0.2, -0.15) is 0 Å². The van der Waals surface area contributed by atoms with Gasteiger partial charge in [0.2, 0.25) is 0 Å². The number of esters is 2. The Balaban J connectivity index is 3.40. The summed E-state index contributed by atoms with van der Waals surface area (Å²) in [5, 5.41) is 9.74. The van der Waals surface area contributed by atoms with Gasteiger partial charge in [0.05, 0.1) is 6.61 Å². The highest BCUT2D eigenvalue weighted by Crippen LogP contribution is 2.20. The molecule has 1 unspecified atom stereocenters. The number of hydrogen-bond acceptors (Lipinski definition) is 5. The number of allylic oxidation sites excluding steroid dienone is 22. The molecule has 0 radical (unpaired) electrons. The van der Waals surface area contributed by atoms with Gasteiger partial charge in [-0.1, -0.05) is 424 Å². The first-order valence-electron chi connectivity index (χ1n) is 41.7. The first-order valence-corrected chi connectivity index (χ1v) is 41.7. The van der Waals surface area contributed by atoms with Crippen molar-refractivity contribution in [3.63, 3.8) is 0 Å². The molecular weight excluding hydrogens is 1170 g/mol. The van der Waals surface area contributed by atoms with Gasteiger partial charge in [-0.25, -0.2) is 0 Å². The van der Waals surface area contributed by atoms with Crippen LogP contribution in [-0.2, 0) is 19.1 Å². The fourth-order valence-corrected chi connectivity index (χ4v) is 12.3. The molecule has 0 saturated heterocycles. The molecule has 0 rings (SSSR count). The molecule has 0 aromatic heterocycles. The van der Waals surface area contributed by atoms with Gasteiger partial charge in [0.25, 0.3) is 0 Å². The Labute approximate surface area is 597 Å². The minimum absolute atomic E-state index is 0.0637. The molecule has 0 heterocycles. The van der Waals surface area contributed by atoms with Crippen LogP contribution in [0.1, 0.15) is 412 Å². The van der Waals surface area contributed by atoms with Crippen LogP contribution in [0.15, 0.2) is 134 Å². The molecule has 0 amide bonds. The summed E-state index contributed by atoms with van der Waals surface area (Å²) in [6, 6.07) is 0. The van der Waals surface area contributed by atoms with E-state index in [1.54, 1.807) is 0 Å². The first kappa shape index (κ1) is 92.0. The molecule has 1 atom stereocenters. The Morgan fingerprint density at radius 1 is 0.240 bits per heavy atom. The maximum Gasteiger partial charge on any atom is 0.306 e. The summed E-state index contributed by atoms with van der Waals surface area (Å²) in [4.78, 5) is 24.8. The average molecular weight is 1330 g/mol. The Hall–Kier alpha value is -3.96. The van der Waals surface area contributed by atoms with Crippen molar-refractivity contribution in [1.29, 1.82) is 0 Å². The van der Waals surface area contributed by atoms with Gasteiger partial charge in [-0.3, -0.25) is 9.59 Å². The highest BCUT2D eigenvalue weighted by molar-refractivity contribution is 5.70. The van der Waals surface area contributed by atoms with Crippen molar-refractivity contribution >= 4 is 11.9 Å². The summed E-state index contributed by atoms with van der Waals surface area (Å²) in [5.74, 6) is -0.571. The lowest BCUT2D eigenvalue weighted by molar-refractivity contribution is -0.161. The van der Waals surface area contributed by atoms with Crippen LogP contribution in [-0.4, -0.2) is 36.4 Å². The lowest BCUT2D eigenvalue weighted by atomic mass is 10.0. The van der Waals surface area contributed by atoms with Crippen molar-refractivity contribution in [3.05, 3.63) is 134 Å². The van der Waals surface area contributed by atoms with Gasteiger partial charge in [-0.15, -0.1) is 0 Å². The van der Waals surface area contributed by atoms with E-state index in [1.807, 2.05) is 0 Å².